The van der Waals surface area contributed by atoms with Crippen LogP contribution in [0.4, 0.5) is 0 Å². The van der Waals surface area contributed by atoms with Crippen molar-refractivity contribution in [3.8, 4) is 0 Å². The molecule has 0 atom stereocenters. The highest BCUT2D eigenvalue weighted by Crippen LogP contribution is 2.13. The van der Waals surface area contributed by atoms with Gasteiger partial charge in [0.05, 0.1) is 0 Å². The maximum atomic E-state index is 12.3. The molecular formula is C15H16N6O4. The molecule has 0 saturated carbocycles. The van der Waals surface area contributed by atoms with Crippen molar-refractivity contribution in [3.05, 3.63) is 56.4 Å². The van der Waals surface area contributed by atoms with Gasteiger partial charge in [-0.15, -0.1) is 0 Å². The lowest BCUT2D eigenvalue weighted by atomic mass is 10.0. The molecule has 2 aromatic heterocycles. The molecule has 0 spiro atoms. The van der Waals surface area contributed by atoms with Gasteiger partial charge in [0.15, 0.2) is 0 Å². The molecule has 1 aliphatic rings. The lowest BCUT2D eigenvalue weighted by Crippen LogP contribution is -2.47. The molecule has 2 amide bonds. The summed E-state index contributed by atoms with van der Waals surface area (Å²) in [5.41, 5.74) is -0.428. The fourth-order valence-corrected chi connectivity index (χ4v) is 2.58. The Balaban J connectivity index is 1.54. The number of carbonyl (C=O) groups excluding carboxylic acids is 2. The molecule has 0 aliphatic carbocycles. The third-order valence-corrected chi connectivity index (χ3v) is 3.93. The van der Waals surface area contributed by atoms with Gasteiger partial charge in [-0.05, 0) is 25.0 Å². The van der Waals surface area contributed by atoms with Gasteiger partial charge in [-0.1, -0.05) is 0 Å². The van der Waals surface area contributed by atoms with Crippen molar-refractivity contribution in [1.29, 1.82) is 0 Å². The highest BCUT2D eigenvalue weighted by Gasteiger charge is 2.25. The van der Waals surface area contributed by atoms with E-state index in [1.165, 1.54) is 24.3 Å². The largest absolute Gasteiger partial charge is 0.348 e. The summed E-state index contributed by atoms with van der Waals surface area (Å²) >= 11 is 0. The van der Waals surface area contributed by atoms with E-state index in [9.17, 15) is 19.2 Å². The minimum absolute atomic E-state index is 0.0891. The molecule has 10 nitrogen and oxygen atoms in total. The predicted molar refractivity (Wildman–Crippen MR) is 86.1 cm³/mol. The number of carbonyl (C=O) groups is 2. The number of aromatic amines is 2. The number of H-pyrrole nitrogens is 2. The number of hydrogen-bond acceptors (Lipinski definition) is 6. The SMILES string of the molecule is O=C(NC1CCN(C(=O)c2ccc(=O)[nH]n2)CC1)c1ccc(=O)[nH]n1. The van der Waals surface area contributed by atoms with Crippen LogP contribution in [0, 0.1) is 0 Å². The van der Waals surface area contributed by atoms with Gasteiger partial charge in [0, 0.05) is 31.3 Å². The number of nitrogens with one attached hydrogen (secondary N) is 3. The van der Waals surface area contributed by atoms with Crippen molar-refractivity contribution >= 4 is 11.8 Å². The third-order valence-electron chi connectivity index (χ3n) is 3.93. The Morgan fingerprint density at radius 2 is 1.52 bits per heavy atom. The van der Waals surface area contributed by atoms with Crippen LogP contribution in [0.5, 0.6) is 0 Å². The highest BCUT2D eigenvalue weighted by molar-refractivity contribution is 5.93. The van der Waals surface area contributed by atoms with Gasteiger partial charge in [0.2, 0.25) is 0 Å². The first-order valence-corrected chi connectivity index (χ1v) is 7.74. The average molecular weight is 344 g/mol. The van der Waals surface area contributed by atoms with Gasteiger partial charge in [-0.25, -0.2) is 10.2 Å². The molecule has 0 unspecified atom stereocenters. The van der Waals surface area contributed by atoms with Crippen LogP contribution in [-0.4, -0.2) is 56.2 Å². The summed E-state index contributed by atoms with van der Waals surface area (Å²) in [5, 5.41) is 14.7. The lowest BCUT2D eigenvalue weighted by molar-refractivity contribution is 0.0690. The number of likely N-dealkylation sites (tertiary alicyclic amines) is 1. The Hall–Kier alpha value is -3.30. The number of nitrogens with zero attached hydrogens (tertiary/aromatic N) is 3. The first kappa shape index (κ1) is 16.6. The maximum Gasteiger partial charge on any atom is 0.274 e. The summed E-state index contributed by atoms with van der Waals surface area (Å²) < 4.78 is 0. The molecule has 130 valence electrons. The summed E-state index contributed by atoms with van der Waals surface area (Å²) in [6.07, 6.45) is 1.17. The van der Waals surface area contributed by atoms with Crippen LogP contribution in [0.15, 0.2) is 33.9 Å². The van der Waals surface area contributed by atoms with Crippen LogP contribution in [0.3, 0.4) is 0 Å². The Morgan fingerprint density at radius 3 is 2.04 bits per heavy atom. The van der Waals surface area contributed by atoms with E-state index in [1.807, 2.05) is 0 Å². The topological polar surface area (TPSA) is 141 Å². The third kappa shape index (κ3) is 3.97. The number of rotatable bonds is 3. The zero-order chi connectivity index (χ0) is 17.8. The molecule has 3 heterocycles. The van der Waals surface area contributed by atoms with Crippen molar-refractivity contribution in [2.75, 3.05) is 13.1 Å². The van der Waals surface area contributed by atoms with Crippen molar-refractivity contribution in [1.82, 2.24) is 30.6 Å². The maximum absolute atomic E-state index is 12.3. The second kappa shape index (κ2) is 7.07. The second-order valence-electron chi connectivity index (χ2n) is 5.65. The first-order chi connectivity index (χ1) is 12.0. The summed E-state index contributed by atoms with van der Waals surface area (Å²) in [6.45, 7) is 0.924. The quantitative estimate of drug-likeness (QED) is 0.644. The normalized spacial score (nSPS) is 15.0. The fourth-order valence-electron chi connectivity index (χ4n) is 2.58. The van der Waals surface area contributed by atoms with Gasteiger partial charge in [0.1, 0.15) is 11.4 Å². The van der Waals surface area contributed by atoms with Crippen molar-refractivity contribution < 1.29 is 9.59 Å². The van der Waals surface area contributed by atoms with E-state index in [0.717, 1.165) is 0 Å². The molecule has 3 rings (SSSR count). The Kier molecular flexibility index (Phi) is 4.68. The molecule has 10 heteroatoms. The van der Waals surface area contributed by atoms with E-state index in [0.29, 0.717) is 25.9 Å². The summed E-state index contributed by atoms with van der Waals surface area (Å²) in [4.78, 5) is 48.0. The summed E-state index contributed by atoms with van der Waals surface area (Å²) in [6, 6.07) is 5.14. The van der Waals surface area contributed by atoms with Gasteiger partial charge in [-0.2, -0.15) is 10.2 Å². The van der Waals surface area contributed by atoms with E-state index in [2.05, 4.69) is 25.7 Å². The van der Waals surface area contributed by atoms with E-state index in [4.69, 9.17) is 0 Å². The Morgan fingerprint density at radius 1 is 0.960 bits per heavy atom. The molecule has 0 bridgehead atoms. The van der Waals surface area contributed by atoms with Crippen molar-refractivity contribution in [3.63, 3.8) is 0 Å². The Labute approximate surface area is 141 Å². The van der Waals surface area contributed by atoms with Crippen LogP contribution in [0.1, 0.15) is 33.8 Å². The molecule has 3 N–H and O–H groups in total. The van der Waals surface area contributed by atoms with Crippen LogP contribution in [0.2, 0.25) is 0 Å². The first-order valence-electron chi connectivity index (χ1n) is 7.74. The summed E-state index contributed by atoms with van der Waals surface area (Å²) in [5.74, 6) is -0.633. The molecule has 0 aromatic carbocycles. The van der Waals surface area contributed by atoms with Gasteiger partial charge >= 0.3 is 0 Å². The zero-order valence-corrected chi connectivity index (χ0v) is 13.2. The van der Waals surface area contributed by atoms with Gasteiger partial charge in [0.25, 0.3) is 22.9 Å². The standard InChI is InChI=1S/C15H16N6O4/c22-12-3-1-10(17-19-12)14(24)16-9-5-7-21(8-6-9)15(25)11-2-4-13(23)20-18-11/h1-4,9H,5-8H2,(H,16,24)(H,19,22)(H,20,23). The molecule has 1 saturated heterocycles. The second-order valence-corrected chi connectivity index (χ2v) is 5.65. The van der Waals surface area contributed by atoms with Crippen LogP contribution >= 0.6 is 0 Å². The molecule has 1 aliphatic heterocycles. The molecule has 1 fully saturated rings. The Bertz CT molecular complexity index is 856. The fraction of sp³-hybridized carbons (Fsp3) is 0.333. The number of piperidine rings is 1. The average Bonchev–Trinajstić information content (AvgIpc) is 2.63. The highest BCUT2D eigenvalue weighted by atomic mass is 16.2. The molecular weight excluding hydrogens is 328 g/mol. The lowest BCUT2D eigenvalue weighted by Gasteiger charge is -2.32. The van der Waals surface area contributed by atoms with Gasteiger partial charge in [-0.3, -0.25) is 19.2 Å². The molecule has 2 aromatic rings. The van der Waals surface area contributed by atoms with Crippen LogP contribution in [0.25, 0.3) is 0 Å². The van der Waals surface area contributed by atoms with Crippen LogP contribution < -0.4 is 16.4 Å². The minimum Gasteiger partial charge on any atom is -0.348 e. The van der Waals surface area contributed by atoms with E-state index < -0.39 is 0 Å². The number of amides is 2. The molecule has 25 heavy (non-hydrogen) atoms. The summed E-state index contributed by atoms with van der Waals surface area (Å²) in [7, 11) is 0. The predicted octanol–water partition coefficient (Wildman–Crippen LogP) is -1.11. The number of aromatic nitrogens is 4. The monoisotopic (exact) mass is 344 g/mol. The van der Waals surface area contributed by atoms with Crippen molar-refractivity contribution in [2.45, 2.75) is 18.9 Å². The van der Waals surface area contributed by atoms with E-state index >= 15 is 0 Å². The smallest absolute Gasteiger partial charge is 0.274 e. The van der Waals surface area contributed by atoms with Gasteiger partial charge < -0.3 is 10.2 Å². The van der Waals surface area contributed by atoms with Crippen molar-refractivity contribution in [2.24, 2.45) is 0 Å². The van der Waals surface area contributed by atoms with E-state index in [-0.39, 0.29) is 40.4 Å². The van der Waals surface area contributed by atoms with E-state index in [1.54, 1.807) is 4.90 Å². The number of hydrogen-bond donors (Lipinski definition) is 3. The van der Waals surface area contributed by atoms with Crippen LogP contribution in [-0.2, 0) is 0 Å². The zero-order valence-electron chi connectivity index (χ0n) is 13.2. The minimum atomic E-state index is -0.376. The molecule has 0 radical (unpaired) electrons.